The predicted octanol–water partition coefficient (Wildman–Crippen LogP) is 3.50. The Kier molecular flexibility index (Phi) is 6.53. The van der Waals surface area contributed by atoms with Gasteiger partial charge in [0, 0.05) is 13.2 Å². The molecular weight excluding hydrogens is 234 g/mol. The maximum Gasteiger partial charge on any atom is 0.0750 e. The molecule has 2 unspecified atom stereocenters. The fraction of sp³-hybridized carbons (Fsp3) is 0.647. The van der Waals surface area contributed by atoms with Crippen molar-refractivity contribution in [1.29, 1.82) is 0 Å². The maximum absolute atomic E-state index is 5.69. The van der Waals surface area contributed by atoms with Crippen LogP contribution in [0.15, 0.2) is 18.2 Å². The Hall–Kier alpha value is -0.860. The Morgan fingerprint density at radius 3 is 2.32 bits per heavy atom. The number of ether oxygens (including phenoxy) is 1. The first-order valence-electron chi connectivity index (χ1n) is 7.31. The highest BCUT2D eigenvalue weighted by atomic mass is 16.5. The van der Waals surface area contributed by atoms with Crippen molar-refractivity contribution in [2.75, 3.05) is 13.7 Å². The van der Waals surface area contributed by atoms with E-state index in [4.69, 9.17) is 4.74 Å². The molecule has 2 heteroatoms. The van der Waals surface area contributed by atoms with Gasteiger partial charge < -0.3 is 10.1 Å². The summed E-state index contributed by atoms with van der Waals surface area (Å²) < 4.78 is 5.69. The molecule has 19 heavy (non-hydrogen) atoms. The molecule has 2 nitrogen and oxygen atoms in total. The molecule has 0 spiro atoms. The van der Waals surface area contributed by atoms with Crippen molar-refractivity contribution >= 4 is 0 Å². The van der Waals surface area contributed by atoms with Gasteiger partial charge in [-0.15, -0.1) is 0 Å². The largest absolute Gasteiger partial charge is 0.380 e. The summed E-state index contributed by atoms with van der Waals surface area (Å²) in [5.74, 6) is 0.514. The molecule has 1 aromatic carbocycles. The van der Waals surface area contributed by atoms with Gasteiger partial charge in [0.1, 0.15) is 0 Å². The van der Waals surface area contributed by atoms with Crippen molar-refractivity contribution in [1.82, 2.24) is 5.32 Å². The average Bonchev–Trinajstić information content (AvgIpc) is 2.34. The fourth-order valence-electron chi connectivity index (χ4n) is 2.65. The van der Waals surface area contributed by atoms with Gasteiger partial charge in [-0.05, 0) is 49.4 Å². The van der Waals surface area contributed by atoms with Crippen LogP contribution in [0.1, 0.15) is 37.5 Å². The van der Waals surface area contributed by atoms with E-state index in [9.17, 15) is 0 Å². The lowest BCUT2D eigenvalue weighted by Crippen LogP contribution is -2.45. The van der Waals surface area contributed by atoms with Crippen LogP contribution in [0.5, 0.6) is 0 Å². The van der Waals surface area contributed by atoms with E-state index in [-0.39, 0.29) is 6.10 Å². The van der Waals surface area contributed by atoms with Gasteiger partial charge in [-0.2, -0.15) is 0 Å². The summed E-state index contributed by atoms with van der Waals surface area (Å²) in [6.07, 6.45) is 1.27. The van der Waals surface area contributed by atoms with Crippen molar-refractivity contribution < 1.29 is 4.74 Å². The van der Waals surface area contributed by atoms with Crippen LogP contribution < -0.4 is 5.32 Å². The Morgan fingerprint density at radius 2 is 1.84 bits per heavy atom. The quantitative estimate of drug-likeness (QED) is 0.813. The minimum absolute atomic E-state index is 0.251. The number of benzene rings is 1. The number of likely N-dealkylation sites (N-methyl/N-ethyl adjacent to an activating group) is 1. The van der Waals surface area contributed by atoms with Crippen molar-refractivity contribution in [3.63, 3.8) is 0 Å². The van der Waals surface area contributed by atoms with Crippen LogP contribution in [-0.4, -0.2) is 25.8 Å². The molecule has 0 bridgehead atoms. The van der Waals surface area contributed by atoms with Crippen molar-refractivity contribution in [2.45, 2.75) is 53.2 Å². The second-order valence-electron chi connectivity index (χ2n) is 5.73. The summed E-state index contributed by atoms with van der Waals surface area (Å²) >= 11 is 0. The first kappa shape index (κ1) is 16.2. The first-order chi connectivity index (χ1) is 8.99. The predicted molar refractivity (Wildman–Crippen MR) is 82.7 cm³/mol. The average molecular weight is 263 g/mol. The van der Waals surface area contributed by atoms with Crippen LogP contribution in [0, 0.1) is 19.8 Å². The van der Waals surface area contributed by atoms with Crippen LogP contribution >= 0.6 is 0 Å². The third kappa shape index (κ3) is 4.63. The molecule has 1 rings (SSSR count). The van der Waals surface area contributed by atoms with Crippen LogP contribution in [0.4, 0.5) is 0 Å². The van der Waals surface area contributed by atoms with E-state index < -0.39 is 0 Å². The second kappa shape index (κ2) is 7.66. The minimum atomic E-state index is 0.251. The Balaban J connectivity index is 2.85. The van der Waals surface area contributed by atoms with Gasteiger partial charge in [-0.3, -0.25) is 0 Å². The smallest absolute Gasteiger partial charge is 0.0750 e. The molecule has 0 aliphatic heterocycles. The molecular formula is C17H29NO. The molecule has 2 atom stereocenters. The lowest BCUT2D eigenvalue weighted by Gasteiger charge is -2.30. The van der Waals surface area contributed by atoms with Gasteiger partial charge in [0.05, 0.1) is 6.10 Å². The molecule has 0 saturated heterocycles. The van der Waals surface area contributed by atoms with Crippen molar-refractivity contribution in [3.8, 4) is 0 Å². The summed E-state index contributed by atoms with van der Waals surface area (Å²) in [6, 6.07) is 7.12. The van der Waals surface area contributed by atoms with E-state index in [1.165, 1.54) is 16.7 Å². The molecule has 0 saturated carbocycles. The zero-order valence-corrected chi connectivity index (χ0v) is 13.3. The lowest BCUT2D eigenvalue weighted by molar-refractivity contribution is 0.0337. The molecule has 0 aliphatic carbocycles. The standard InChI is InChI=1S/C17H29NO/c1-7-18-16(17(19-6)12(2)3)11-15-9-8-13(4)14(5)10-15/h8-10,12,16-18H,7,11H2,1-6H3. The zero-order chi connectivity index (χ0) is 14.4. The molecule has 0 aliphatic rings. The number of hydrogen-bond acceptors (Lipinski definition) is 2. The Morgan fingerprint density at radius 1 is 1.16 bits per heavy atom. The third-order valence-corrected chi connectivity index (χ3v) is 3.82. The molecule has 0 fully saturated rings. The van der Waals surface area contributed by atoms with Crippen LogP contribution in [0.25, 0.3) is 0 Å². The van der Waals surface area contributed by atoms with E-state index >= 15 is 0 Å². The summed E-state index contributed by atoms with van der Waals surface area (Å²) in [6.45, 7) is 11.9. The summed E-state index contributed by atoms with van der Waals surface area (Å²) in [4.78, 5) is 0. The zero-order valence-electron chi connectivity index (χ0n) is 13.3. The fourth-order valence-corrected chi connectivity index (χ4v) is 2.65. The van der Waals surface area contributed by atoms with E-state index in [1.807, 2.05) is 7.11 Å². The van der Waals surface area contributed by atoms with Gasteiger partial charge >= 0.3 is 0 Å². The molecule has 1 N–H and O–H groups in total. The normalized spacial score (nSPS) is 14.7. The Labute approximate surface area is 118 Å². The van der Waals surface area contributed by atoms with Crippen LogP contribution in [-0.2, 0) is 11.2 Å². The van der Waals surface area contributed by atoms with Gasteiger partial charge in [0.25, 0.3) is 0 Å². The number of rotatable bonds is 7. The summed E-state index contributed by atoms with van der Waals surface area (Å²) in [5, 5.41) is 3.57. The Bertz CT molecular complexity index is 387. The number of hydrogen-bond donors (Lipinski definition) is 1. The minimum Gasteiger partial charge on any atom is -0.380 e. The van der Waals surface area contributed by atoms with E-state index in [1.54, 1.807) is 0 Å². The monoisotopic (exact) mass is 263 g/mol. The van der Waals surface area contributed by atoms with Gasteiger partial charge in [0.2, 0.25) is 0 Å². The van der Waals surface area contributed by atoms with Crippen molar-refractivity contribution in [3.05, 3.63) is 34.9 Å². The second-order valence-corrected chi connectivity index (χ2v) is 5.73. The van der Waals surface area contributed by atoms with E-state index in [0.717, 1.165) is 13.0 Å². The lowest BCUT2D eigenvalue weighted by atomic mass is 9.92. The van der Waals surface area contributed by atoms with E-state index in [0.29, 0.717) is 12.0 Å². The van der Waals surface area contributed by atoms with Crippen LogP contribution in [0.3, 0.4) is 0 Å². The first-order valence-corrected chi connectivity index (χ1v) is 7.31. The highest BCUT2D eigenvalue weighted by molar-refractivity contribution is 5.30. The topological polar surface area (TPSA) is 21.3 Å². The highest BCUT2D eigenvalue weighted by Gasteiger charge is 2.23. The van der Waals surface area contributed by atoms with Crippen LogP contribution in [0.2, 0.25) is 0 Å². The highest BCUT2D eigenvalue weighted by Crippen LogP contribution is 2.17. The third-order valence-electron chi connectivity index (χ3n) is 3.82. The molecule has 0 amide bonds. The van der Waals surface area contributed by atoms with Gasteiger partial charge in [-0.25, -0.2) is 0 Å². The van der Waals surface area contributed by atoms with Crippen molar-refractivity contribution in [2.24, 2.45) is 5.92 Å². The SMILES string of the molecule is CCNC(Cc1ccc(C)c(C)c1)C(OC)C(C)C. The molecule has 0 heterocycles. The molecule has 0 aromatic heterocycles. The molecule has 1 aromatic rings. The summed E-state index contributed by atoms with van der Waals surface area (Å²) in [5.41, 5.74) is 4.11. The summed E-state index contributed by atoms with van der Waals surface area (Å²) in [7, 11) is 1.81. The van der Waals surface area contributed by atoms with Gasteiger partial charge in [0.15, 0.2) is 0 Å². The van der Waals surface area contributed by atoms with Gasteiger partial charge in [-0.1, -0.05) is 39.0 Å². The molecule has 108 valence electrons. The number of nitrogens with one attached hydrogen (secondary N) is 1. The molecule has 0 radical (unpaired) electrons. The maximum atomic E-state index is 5.69. The van der Waals surface area contributed by atoms with E-state index in [2.05, 4.69) is 58.1 Å². The number of methoxy groups -OCH3 is 1. The number of aryl methyl sites for hydroxylation is 2.